The molecule has 0 bridgehead atoms. The highest BCUT2D eigenvalue weighted by molar-refractivity contribution is 7.99. The number of nitrogens with zero attached hydrogens (tertiary/aromatic N) is 1. The molecular weight excluding hydrogens is 316 g/mol. The molecule has 24 heavy (non-hydrogen) atoms. The molecule has 0 atom stereocenters. The number of carbonyl (C=O) groups excluding carboxylic acids is 1. The molecule has 0 saturated heterocycles. The summed E-state index contributed by atoms with van der Waals surface area (Å²) in [6.45, 7) is 4.91. The molecule has 1 aliphatic carbocycles. The molecule has 3 nitrogen and oxygen atoms in total. The van der Waals surface area contributed by atoms with Gasteiger partial charge in [0.15, 0.2) is 0 Å². The molecular formula is C20H24N2OS. The number of carbonyl (C=O) groups is 1. The van der Waals surface area contributed by atoms with Crippen LogP contribution in [0.3, 0.4) is 0 Å². The van der Waals surface area contributed by atoms with Crippen LogP contribution >= 0.6 is 11.8 Å². The minimum absolute atomic E-state index is 0.0519. The molecule has 1 saturated carbocycles. The summed E-state index contributed by atoms with van der Waals surface area (Å²) in [7, 11) is 0. The highest BCUT2D eigenvalue weighted by Crippen LogP contribution is 2.39. The maximum Gasteiger partial charge on any atom is 0.224 e. The van der Waals surface area contributed by atoms with Gasteiger partial charge in [0.25, 0.3) is 0 Å². The first-order valence-electron chi connectivity index (χ1n) is 8.56. The van der Waals surface area contributed by atoms with Crippen molar-refractivity contribution in [2.75, 3.05) is 0 Å². The quantitative estimate of drug-likeness (QED) is 0.763. The van der Waals surface area contributed by atoms with Gasteiger partial charge in [-0.05, 0) is 47.6 Å². The Hall–Kier alpha value is -1.81. The van der Waals surface area contributed by atoms with Crippen LogP contribution in [0.4, 0.5) is 0 Å². The molecule has 0 unspecified atom stereocenters. The van der Waals surface area contributed by atoms with Crippen molar-refractivity contribution in [3.05, 3.63) is 59.4 Å². The van der Waals surface area contributed by atoms with E-state index in [0.717, 1.165) is 11.1 Å². The van der Waals surface area contributed by atoms with E-state index in [1.54, 1.807) is 0 Å². The van der Waals surface area contributed by atoms with Crippen LogP contribution in [-0.2, 0) is 17.8 Å². The SMILES string of the molecule is CC(C)Sc1ccc(CC(=O)NCc2cncc(C3CC3)c2)cc1. The van der Waals surface area contributed by atoms with E-state index in [1.165, 1.54) is 23.3 Å². The third-order valence-corrected chi connectivity index (χ3v) is 5.03. The smallest absolute Gasteiger partial charge is 0.224 e. The largest absolute Gasteiger partial charge is 0.352 e. The van der Waals surface area contributed by atoms with E-state index in [9.17, 15) is 4.79 Å². The summed E-state index contributed by atoms with van der Waals surface area (Å²) >= 11 is 1.83. The van der Waals surface area contributed by atoms with Crippen molar-refractivity contribution in [2.24, 2.45) is 0 Å². The fraction of sp³-hybridized carbons (Fsp3) is 0.400. The molecule has 1 aliphatic rings. The van der Waals surface area contributed by atoms with Crippen LogP contribution in [0, 0.1) is 0 Å². The highest BCUT2D eigenvalue weighted by atomic mass is 32.2. The monoisotopic (exact) mass is 340 g/mol. The van der Waals surface area contributed by atoms with Gasteiger partial charge in [-0.1, -0.05) is 32.0 Å². The zero-order valence-corrected chi connectivity index (χ0v) is 15.1. The third kappa shape index (κ3) is 5.10. The van der Waals surface area contributed by atoms with E-state index in [4.69, 9.17) is 0 Å². The maximum absolute atomic E-state index is 12.1. The molecule has 0 radical (unpaired) electrons. The average molecular weight is 340 g/mol. The summed E-state index contributed by atoms with van der Waals surface area (Å²) < 4.78 is 0. The molecule has 1 N–H and O–H groups in total. The summed E-state index contributed by atoms with van der Waals surface area (Å²) in [6.07, 6.45) is 6.73. The lowest BCUT2D eigenvalue weighted by atomic mass is 10.1. The van der Waals surface area contributed by atoms with Crippen LogP contribution in [0.15, 0.2) is 47.6 Å². The third-order valence-electron chi connectivity index (χ3n) is 4.01. The van der Waals surface area contributed by atoms with Crippen LogP contribution in [0.25, 0.3) is 0 Å². The Balaban J connectivity index is 1.49. The molecule has 1 aromatic heterocycles. The summed E-state index contributed by atoms with van der Waals surface area (Å²) in [6, 6.07) is 10.4. The van der Waals surface area contributed by atoms with Gasteiger partial charge in [0.2, 0.25) is 5.91 Å². The summed E-state index contributed by atoms with van der Waals surface area (Å²) in [5.74, 6) is 0.742. The Morgan fingerprint density at radius 2 is 1.96 bits per heavy atom. The standard InChI is InChI=1S/C20H24N2OS/c1-14(2)24-19-7-3-15(4-8-19)10-20(23)22-12-16-9-18(13-21-11-16)17-5-6-17/h3-4,7-9,11,13-14,17H,5-6,10,12H2,1-2H3,(H,22,23). The van der Waals surface area contributed by atoms with Gasteiger partial charge in [-0.25, -0.2) is 0 Å². The number of amides is 1. The number of benzene rings is 1. The zero-order valence-electron chi connectivity index (χ0n) is 14.3. The van der Waals surface area contributed by atoms with E-state index in [0.29, 0.717) is 24.1 Å². The second-order valence-electron chi connectivity index (χ2n) is 6.66. The predicted molar refractivity (Wildman–Crippen MR) is 99.2 cm³/mol. The molecule has 1 amide bonds. The highest BCUT2D eigenvalue weighted by Gasteiger charge is 2.23. The van der Waals surface area contributed by atoms with Crippen molar-refractivity contribution in [1.29, 1.82) is 0 Å². The van der Waals surface area contributed by atoms with Crippen LogP contribution < -0.4 is 5.32 Å². The fourth-order valence-corrected chi connectivity index (χ4v) is 3.49. The first-order valence-corrected chi connectivity index (χ1v) is 9.44. The number of thioether (sulfide) groups is 1. The summed E-state index contributed by atoms with van der Waals surface area (Å²) in [5.41, 5.74) is 3.43. The number of nitrogens with one attached hydrogen (secondary N) is 1. The molecule has 0 spiro atoms. The number of pyridine rings is 1. The first kappa shape index (κ1) is 17.0. The lowest BCUT2D eigenvalue weighted by Crippen LogP contribution is -2.24. The Labute approximate surface area is 148 Å². The second-order valence-corrected chi connectivity index (χ2v) is 8.31. The normalized spacial score (nSPS) is 14.0. The minimum Gasteiger partial charge on any atom is -0.352 e. The minimum atomic E-state index is 0.0519. The van der Waals surface area contributed by atoms with Crippen molar-refractivity contribution in [3.8, 4) is 0 Å². The van der Waals surface area contributed by atoms with Gasteiger partial charge >= 0.3 is 0 Å². The van der Waals surface area contributed by atoms with Crippen molar-refractivity contribution >= 4 is 17.7 Å². The van der Waals surface area contributed by atoms with Crippen molar-refractivity contribution in [3.63, 3.8) is 0 Å². The molecule has 0 aliphatic heterocycles. The van der Waals surface area contributed by atoms with Gasteiger partial charge in [0, 0.05) is 29.1 Å². The van der Waals surface area contributed by atoms with Gasteiger partial charge in [-0.3, -0.25) is 9.78 Å². The number of hydrogen-bond donors (Lipinski definition) is 1. The van der Waals surface area contributed by atoms with E-state index < -0.39 is 0 Å². The number of rotatable bonds is 7. The van der Waals surface area contributed by atoms with E-state index in [-0.39, 0.29) is 5.91 Å². The Bertz CT molecular complexity index is 693. The van der Waals surface area contributed by atoms with Crippen LogP contribution in [0.1, 0.15) is 49.3 Å². The molecule has 3 rings (SSSR count). The van der Waals surface area contributed by atoms with Crippen LogP contribution in [-0.4, -0.2) is 16.1 Å². The van der Waals surface area contributed by atoms with E-state index >= 15 is 0 Å². The van der Waals surface area contributed by atoms with Gasteiger partial charge in [0.05, 0.1) is 6.42 Å². The van der Waals surface area contributed by atoms with Crippen molar-refractivity contribution in [1.82, 2.24) is 10.3 Å². The Kier molecular flexibility index (Phi) is 5.56. The van der Waals surface area contributed by atoms with Crippen LogP contribution in [0.5, 0.6) is 0 Å². The van der Waals surface area contributed by atoms with Gasteiger partial charge in [0.1, 0.15) is 0 Å². The average Bonchev–Trinajstić information content (AvgIpc) is 3.40. The van der Waals surface area contributed by atoms with Crippen molar-refractivity contribution in [2.45, 2.75) is 55.7 Å². The number of hydrogen-bond acceptors (Lipinski definition) is 3. The molecule has 126 valence electrons. The molecule has 1 heterocycles. The van der Waals surface area contributed by atoms with Crippen LogP contribution in [0.2, 0.25) is 0 Å². The van der Waals surface area contributed by atoms with Crippen molar-refractivity contribution < 1.29 is 4.79 Å². The van der Waals surface area contributed by atoms with Gasteiger partial charge < -0.3 is 5.32 Å². The summed E-state index contributed by atoms with van der Waals surface area (Å²) in [4.78, 5) is 17.7. The lowest BCUT2D eigenvalue weighted by molar-refractivity contribution is -0.120. The molecule has 2 aromatic rings. The van der Waals surface area contributed by atoms with E-state index in [1.807, 2.05) is 36.3 Å². The summed E-state index contributed by atoms with van der Waals surface area (Å²) in [5, 5.41) is 3.57. The lowest BCUT2D eigenvalue weighted by Gasteiger charge is -2.08. The maximum atomic E-state index is 12.1. The molecule has 1 fully saturated rings. The van der Waals surface area contributed by atoms with E-state index in [2.05, 4.69) is 42.3 Å². The second kappa shape index (κ2) is 7.84. The molecule has 4 heteroatoms. The predicted octanol–water partition coefficient (Wildman–Crippen LogP) is 4.32. The van der Waals surface area contributed by atoms with Gasteiger partial charge in [-0.2, -0.15) is 0 Å². The zero-order chi connectivity index (χ0) is 16.9. The fourth-order valence-electron chi connectivity index (χ4n) is 2.65. The topological polar surface area (TPSA) is 42.0 Å². The first-order chi connectivity index (χ1) is 11.6. The Morgan fingerprint density at radius 1 is 1.21 bits per heavy atom. The van der Waals surface area contributed by atoms with Gasteiger partial charge in [-0.15, -0.1) is 11.8 Å². The molecule has 1 aromatic carbocycles. The Morgan fingerprint density at radius 3 is 2.62 bits per heavy atom. The number of aromatic nitrogens is 1.